The predicted octanol–water partition coefficient (Wildman–Crippen LogP) is 2.45. The number of hydrogen-bond acceptors (Lipinski definition) is 6. The zero-order chi connectivity index (χ0) is 24.6. The molecule has 10 heteroatoms. The minimum Gasteiger partial charge on any atom is -0.354 e. The molecule has 1 aliphatic rings. The molecular weight excluding hydrogens is 470 g/mol. The first-order valence-electron chi connectivity index (χ1n) is 11.9. The van der Waals surface area contributed by atoms with Crippen LogP contribution in [-0.2, 0) is 27.8 Å². The van der Waals surface area contributed by atoms with E-state index in [1.165, 1.54) is 21.0 Å². The summed E-state index contributed by atoms with van der Waals surface area (Å²) < 4.78 is 28.0. The number of aromatic nitrogens is 2. The summed E-state index contributed by atoms with van der Waals surface area (Å²) in [6, 6.07) is 7.77. The van der Waals surface area contributed by atoms with Gasteiger partial charge < -0.3 is 9.88 Å². The zero-order valence-electron chi connectivity index (χ0n) is 20.4. The van der Waals surface area contributed by atoms with Crippen LogP contribution in [0.3, 0.4) is 0 Å². The summed E-state index contributed by atoms with van der Waals surface area (Å²) in [5.41, 5.74) is 2.22. The van der Waals surface area contributed by atoms with E-state index in [1.54, 1.807) is 18.1 Å². The summed E-state index contributed by atoms with van der Waals surface area (Å²) in [6.45, 7) is 5.65. The van der Waals surface area contributed by atoms with Crippen molar-refractivity contribution >= 4 is 27.7 Å². The highest BCUT2D eigenvalue weighted by atomic mass is 32.2. The molecule has 1 unspecified atom stereocenters. The number of piperazine rings is 1. The van der Waals surface area contributed by atoms with Crippen LogP contribution in [0.4, 0.5) is 0 Å². The predicted molar refractivity (Wildman–Crippen MR) is 138 cm³/mol. The molecule has 1 aliphatic heterocycles. The highest BCUT2D eigenvalue weighted by Gasteiger charge is 2.37. The molecule has 2 aromatic rings. The fraction of sp³-hybridized carbons (Fsp3) is 0.583. The number of rotatable bonds is 12. The first kappa shape index (κ1) is 26.7. The molecule has 1 saturated heterocycles. The molecule has 1 N–H and O–H groups in total. The Kier molecular flexibility index (Phi) is 9.99. The van der Waals surface area contributed by atoms with Crippen molar-refractivity contribution < 1.29 is 13.2 Å². The largest absolute Gasteiger partial charge is 0.354 e. The molecular formula is C24H37N5O3S2. The molecule has 1 aromatic carbocycles. The molecule has 8 nitrogen and oxygen atoms in total. The minimum atomic E-state index is -3.45. The average Bonchev–Trinajstić information content (AvgIpc) is 3.25. The van der Waals surface area contributed by atoms with E-state index < -0.39 is 16.1 Å². The van der Waals surface area contributed by atoms with Gasteiger partial charge in [0, 0.05) is 55.9 Å². The van der Waals surface area contributed by atoms with Gasteiger partial charge in [-0.3, -0.25) is 9.69 Å². The van der Waals surface area contributed by atoms with E-state index in [-0.39, 0.29) is 5.91 Å². The molecule has 188 valence electrons. The van der Waals surface area contributed by atoms with Crippen LogP contribution in [-0.4, -0.2) is 84.4 Å². The molecule has 0 spiro atoms. The zero-order valence-corrected chi connectivity index (χ0v) is 22.1. The number of unbranched alkanes of at least 4 members (excludes halogenated alkanes) is 2. The number of benzene rings is 1. The Morgan fingerprint density at radius 2 is 1.97 bits per heavy atom. The normalized spacial score (nSPS) is 17.7. The number of imidazole rings is 1. The number of sulfonamides is 1. The van der Waals surface area contributed by atoms with Gasteiger partial charge in [-0.05, 0) is 36.9 Å². The van der Waals surface area contributed by atoms with Gasteiger partial charge in [0.05, 0.1) is 12.6 Å². The van der Waals surface area contributed by atoms with Crippen molar-refractivity contribution in [3.8, 4) is 0 Å². The topological polar surface area (TPSA) is 87.5 Å². The van der Waals surface area contributed by atoms with Gasteiger partial charge in [-0.25, -0.2) is 13.4 Å². The first-order chi connectivity index (χ1) is 16.3. The Morgan fingerprint density at radius 1 is 1.21 bits per heavy atom. The van der Waals surface area contributed by atoms with Crippen LogP contribution in [0.5, 0.6) is 0 Å². The smallest absolute Gasteiger partial charge is 0.239 e. The molecule has 0 saturated carbocycles. The highest BCUT2D eigenvalue weighted by molar-refractivity contribution is 7.98. The average molecular weight is 508 g/mol. The number of carbonyl (C=O) groups is 1. The van der Waals surface area contributed by atoms with E-state index in [1.807, 2.05) is 6.20 Å². The van der Waals surface area contributed by atoms with Gasteiger partial charge in [-0.15, -0.1) is 11.8 Å². The van der Waals surface area contributed by atoms with Crippen molar-refractivity contribution in [2.75, 3.05) is 45.2 Å². The van der Waals surface area contributed by atoms with E-state index in [0.29, 0.717) is 32.6 Å². The Bertz CT molecular complexity index is 1020. The van der Waals surface area contributed by atoms with Gasteiger partial charge in [0.25, 0.3) is 0 Å². The van der Waals surface area contributed by atoms with Crippen LogP contribution in [0.15, 0.2) is 41.7 Å². The molecule has 1 atom stereocenters. The first-order valence-corrected chi connectivity index (χ1v) is 15.0. The third kappa shape index (κ3) is 7.56. The molecule has 0 radical (unpaired) electrons. The SMILES string of the molecule is CCCCCN1CCN(S(C)(=O)=O)C(C(=O)NCCc2cncn2Cc2ccc(SC)cc2)C1. The van der Waals surface area contributed by atoms with Crippen molar-refractivity contribution in [3.05, 3.63) is 48.0 Å². The lowest BCUT2D eigenvalue weighted by molar-refractivity contribution is -0.126. The summed E-state index contributed by atoms with van der Waals surface area (Å²) >= 11 is 1.72. The summed E-state index contributed by atoms with van der Waals surface area (Å²) in [4.78, 5) is 20.7. The van der Waals surface area contributed by atoms with Crippen molar-refractivity contribution in [1.29, 1.82) is 0 Å². The lowest BCUT2D eigenvalue weighted by atomic mass is 10.1. The van der Waals surface area contributed by atoms with E-state index in [0.717, 1.165) is 38.0 Å². The standard InChI is InChI=1S/C24H37N5O3S2/c1-4-5-6-13-27-14-15-29(34(3,31)32)23(18-27)24(30)26-12-11-21-16-25-19-28(21)17-20-7-9-22(33-2)10-8-20/h7-10,16,19,23H,4-6,11-15,17-18H2,1-3H3,(H,26,30). The van der Waals surface area contributed by atoms with E-state index in [9.17, 15) is 13.2 Å². The molecule has 1 amide bonds. The number of nitrogens with zero attached hydrogens (tertiary/aromatic N) is 4. The van der Waals surface area contributed by atoms with Crippen LogP contribution in [0.1, 0.15) is 37.4 Å². The molecule has 0 aliphatic carbocycles. The van der Waals surface area contributed by atoms with Gasteiger partial charge in [-0.1, -0.05) is 31.9 Å². The molecule has 2 heterocycles. The van der Waals surface area contributed by atoms with Crippen LogP contribution in [0.2, 0.25) is 0 Å². The van der Waals surface area contributed by atoms with Crippen LogP contribution < -0.4 is 5.32 Å². The summed E-state index contributed by atoms with van der Waals surface area (Å²) in [5, 5.41) is 2.97. The summed E-state index contributed by atoms with van der Waals surface area (Å²) in [6.07, 6.45) is 10.8. The number of carbonyl (C=O) groups excluding carboxylic acids is 1. The number of nitrogens with one attached hydrogen (secondary N) is 1. The van der Waals surface area contributed by atoms with Crippen molar-refractivity contribution in [2.24, 2.45) is 0 Å². The van der Waals surface area contributed by atoms with Crippen LogP contribution >= 0.6 is 11.8 Å². The Balaban J connectivity index is 1.56. The van der Waals surface area contributed by atoms with Crippen molar-refractivity contribution in [3.63, 3.8) is 0 Å². The maximum Gasteiger partial charge on any atom is 0.239 e. The molecule has 3 rings (SSSR count). The van der Waals surface area contributed by atoms with Crippen LogP contribution in [0.25, 0.3) is 0 Å². The van der Waals surface area contributed by atoms with E-state index in [2.05, 4.69) is 57.2 Å². The summed E-state index contributed by atoms with van der Waals surface area (Å²) in [5.74, 6) is -0.232. The third-order valence-electron chi connectivity index (χ3n) is 6.21. The van der Waals surface area contributed by atoms with Crippen molar-refractivity contribution in [1.82, 2.24) is 24.1 Å². The maximum atomic E-state index is 13.0. The van der Waals surface area contributed by atoms with Gasteiger partial charge >= 0.3 is 0 Å². The minimum absolute atomic E-state index is 0.232. The number of hydrogen-bond donors (Lipinski definition) is 1. The second kappa shape index (κ2) is 12.7. The van der Waals surface area contributed by atoms with Crippen LogP contribution in [0, 0.1) is 0 Å². The monoisotopic (exact) mass is 507 g/mol. The van der Waals surface area contributed by atoms with Gasteiger partial charge in [-0.2, -0.15) is 4.31 Å². The second-order valence-corrected chi connectivity index (χ2v) is 11.6. The molecule has 34 heavy (non-hydrogen) atoms. The Morgan fingerprint density at radius 3 is 2.65 bits per heavy atom. The summed E-state index contributed by atoms with van der Waals surface area (Å²) in [7, 11) is -3.45. The number of thioether (sulfide) groups is 1. The molecule has 1 fully saturated rings. The van der Waals surface area contributed by atoms with Gasteiger partial charge in [0.15, 0.2) is 0 Å². The van der Waals surface area contributed by atoms with Gasteiger partial charge in [0.1, 0.15) is 6.04 Å². The highest BCUT2D eigenvalue weighted by Crippen LogP contribution is 2.17. The Labute approximate surface area is 208 Å². The lowest BCUT2D eigenvalue weighted by Crippen LogP contribution is -2.60. The maximum absolute atomic E-state index is 13.0. The number of amides is 1. The quantitative estimate of drug-likeness (QED) is 0.351. The van der Waals surface area contributed by atoms with Gasteiger partial charge in [0.2, 0.25) is 15.9 Å². The fourth-order valence-electron chi connectivity index (χ4n) is 4.28. The lowest BCUT2D eigenvalue weighted by Gasteiger charge is -2.39. The third-order valence-corrected chi connectivity index (χ3v) is 8.25. The second-order valence-electron chi connectivity index (χ2n) is 8.80. The Hall–Kier alpha value is -1.88. The van der Waals surface area contributed by atoms with Crippen molar-refractivity contribution in [2.45, 2.75) is 50.1 Å². The molecule has 0 bridgehead atoms. The van der Waals surface area contributed by atoms with E-state index >= 15 is 0 Å². The fourth-order valence-corrected chi connectivity index (χ4v) is 5.73. The van der Waals surface area contributed by atoms with E-state index in [4.69, 9.17) is 0 Å². The molecule has 1 aromatic heterocycles.